The van der Waals surface area contributed by atoms with Crippen molar-refractivity contribution in [3.63, 3.8) is 0 Å². The summed E-state index contributed by atoms with van der Waals surface area (Å²) >= 11 is 6.36. The topological polar surface area (TPSA) is 40.6 Å². The van der Waals surface area contributed by atoms with Crippen molar-refractivity contribution < 1.29 is 18.4 Å². The van der Waals surface area contributed by atoms with Gasteiger partial charge in [-0.05, 0) is 25.0 Å². The molecular weight excluding hydrogens is 362 g/mol. The Balaban J connectivity index is 1.89. The number of likely N-dealkylation sites (tertiary alicyclic amines) is 2. The predicted octanol–water partition coefficient (Wildman–Crippen LogP) is 3.90. The molecule has 3 rings (SSSR count). The van der Waals surface area contributed by atoms with E-state index < -0.39 is 17.9 Å². The van der Waals surface area contributed by atoms with Gasteiger partial charge in [-0.3, -0.25) is 9.59 Å². The normalized spacial score (nSPS) is 26.1. The molecule has 4 nitrogen and oxygen atoms in total. The van der Waals surface area contributed by atoms with Crippen LogP contribution in [0, 0.1) is 5.92 Å². The Bertz CT molecular complexity index is 688. The van der Waals surface area contributed by atoms with Crippen LogP contribution in [0.2, 0.25) is 5.02 Å². The van der Waals surface area contributed by atoms with E-state index in [1.54, 1.807) is 17.0 Å². The maximum Gasteiger partial charge on any atom is 0.251 e. The van der Waals surface area contributed by atoms with Gasteiger partial charge in [0.1, 0.15) is 0 Å². The van der Waals surface area contributed by atoms with Crippen LogP contribution >= 0.6 is 11.6 Å². The van der Waals surface area contributed by atoms with E-state index in [-0.39, 0.29) is 44.2 Å². The lowest BCUT2D eigenvalue weighted by Gasteiger charge is -2.43. The average Bonchev–Trinajstić information content (AvgIpc) is 2.61. The van der Waals surface area contributed by atoms with Gasteiger partial charge in [0.2, 0.25) is 11.8 Å². The number of benzene rings is 1. The van der Waals surface area contributed by atoms with Crippen molar-refractivity contribution >= 4 is 23.4 Å². The third-order valence-electron chi connectivity index (χ3n) is 5.39. The number of rotatable bonds is 3. The molecule has 0 saturated carbocycles. The second kappa shape index (κ2) is 7.51. The molecule has 142 valence electrons. The minimum absolute atomic E-state index is 0.00773. The van der Waals surface area contributed by atoms with E-state index in [4.69, 9.17) is 11.6 Å². The zero-order valence-electron chi connectivity index (χ0n) is 14.8. The molecule has 2 atom stereocenters. The number of hydrogen-bond acceptors (Lipinski definition) is 2. The zero-order valence-corrected chi connectivity index (χ0v) is 15.5. The van der Waals surface area contributed by atoms with Gasteiger partial charge < -0.3 is 9.80 Å². The standard InChI is InChI=1S/C19H23ClF2N2O2/c1-2-24-16(25)8-7-14(17(24)13-5-3-4-6-15(13)20)18(26)23-11-9-19(21,22)10-12-23/h3-6,14,17H,2,7-12H2,1H3/t14-,17+/m1/s1. The SMILES string of the molecule is CCN1C(=O)CC[C@@H](C(=O)N2CCC(F)(F)CC2)[C@@H]1c1ccccc1Cl. The van der Waals surface area contributed by atoms with Crippen LogP contribution in [-0.2, 0) is 9.59 Å². The van der Waals surface area contributed by atoms with Crippen molar-refractivity contribution in [1.29, 1.82) is 0 Å². The number of halogens is 3. The fourth-order valence-corrected chi connectivity index (χ4v) is 4.22. The van der Waals surface area contributed by atoms with E-state index in [0.717, 1.165) is 5.56 Å². The van der Waals surface area contributed by atoms with Gasteiger partial charge in [0.05, 0.1) is 12.0 Å². The number of amides is 2. The largest absolute Gasteiger partial charge is 0.342 e. The molecule has 2 aliphatic rings. The van der Waals surface area contributed by atoms with Crippen LogP contribution in [0.4, 0.5) is 8.78 Å². The van der Waals surface area contributed by atoms with Crippen LogP contribution in [0.15, 0.2) is 24.3 Å². The number of alkyl halides is 2. The van der Waals surface area contributed by atoms with Crippen LogP contribution in [-0.4, -0.2) is 47.2 Å². The van der Waals surface area contributed by atoms with Gasteiger partial charge in [-0.15, -0.1) is 0 Å². The summed E-state index contributed by atoms with van der Waals surface area (Å²) in [5, 5.41) is 0.508. The fourth-order valence-electron chi connectivity index (χ4n) is 3.97. The Hall–Kier alpha value is -1.69. The summed E-state index contributed by atoms with van der Waals surface area (Å²) in [6.45, 7) is 2.45. The van der Waals surface area contributed by atoms with Crippen molar-refractivity contribution in [3.05, 3.63) is 34.9 Å². The quantitative estimate of drug-likeness (QED) is 0.793. The zero-order chi connectivity index (χ0) is 18.9. The molecule has 2 heterocycles. The van der Waals surface area contributed by atoms with Gasteiger partial charge in [-0.1, -0.05) is 29.8 Å². The number of carbonyl (C=O) groups is 2. The summed E-state index contributed by atoms with van der Waals surface area (Å²) in [6, 6.07) is 6.75. The van der Waals surface area contributed by atoms with E-state index in [0.29, 0.717) is 18.0 Å². The molecular formula is C19H23ClF2N2O2. The Morgan fingerprint density at radius 3 is 2.54 bits per heavy atom. The maximum atomic E-state index is 13.4. The number of hydrogen-bond donors (Lipinski definition) is 0. The average molecular weight is 385 g/mol. The van der Waals surface area contributed by atoms with Crippen LogP contribution < -0.4 is 0 Å². The highest BCUT2D eigenvalue weighted by Gasteiger charge is 2.44. The Morgan fingerprint density at radius 1 is 1.27 bits per heavy atom. The molecule has 0 aliphatic carbocycles. The number of nitrogens with zero attached hydrogens (tertiary/aromatic N) is 2. The smallest absolute Gasteiger partial charge is 0.251 e. The lowest BCUT2D eigenvalue weighted by atomic mass is 9.82. The second-order valence-corrected chi connectivity index (χ2v) is 7.38. The lowest BCUT2D eigenvalue weighted by Crippen LogP contribution is -2.51. The van der Waals surface area contributed by atoms with Crippen molar-refractivity contribution in [1.82, 2.24) is 9.80 Å². The molecule has 0 unspecified atom stereocenters. The molecule has 0 radical (unpaired) electrons. The highest BCUT2D eigenvalue weighted by molar-refractivity contribution is 6.31. The molecule has 26 heavy (non-hydrogen) atoms. The molecule has 0 spiro atoms. The highest BCUT2D eigenvalue weighted by Crippen LogP contribution is 2.41. The molecule has 2 saturated heterocycles. The molecule has 2 aliphatic heterocycles. The van der Waals surface area contributed by atoms with Gasteiger partial charge in [0.15, 0.2) is 0 Å². The Morgan fingerprint density at radius 2 is 1.92 bits per heavy atom. The fraction of sp³-hybridized carbons (Fsp3) is 0.579. The van der Waals surface area contributed by atoms with Crippen molar-refractivity contribution in [2.24, 2.45) is 5.92 Å². The van der Waals surface area contributed by atoms with E-state index in [1.807, 2.05) is 19.1 Å². The molecule has 0 aromatic heterocycles. The van der Waals surface area contributed by atoms with Crippen LogP contribution in [0.1, 0.15) is 44.2 Å². The molecule has 7 heteroatoms. The maximum absolute atomic E-state index is 13.4. The van der Waals surface area contributed by atoms with Gasteiger partial charge >= 0.3 is 0 Å². The molecule has 1 aromatic rings. The van der Waals surface area contributed by atoms with Crippen LogP contribution in [0.25, 0.3) is 0 Å². The minimum atomic E-state index is -2.70. The Kier molecular flexibility index (Phi) is 5.51. The Labute approximate surface area is 157 Å². The van der Waals surface area contributed by atoms with Crippen LogP contribution in [0.3, 0.4) is 0 Å². The first kappa shape index (κ1) is 19.1. The summed E-state index contributed by atoms with van der Waals surface area (Å²) in [7, 11) is 0. The summed E-state index contributed by atoms with van der Waals surface area (Å²) in [6.07, 6.45) is 0.0867. The number of piperidine rings is 2. The third kappa shape index (κ3) is 3.70. The highest BCUT2D eigenvalue weighted by atomic mass is 35.5. The molecule has 0 bridgehead atoms. The molecule has 2 amide bonds. The van der Waals surface area contributed by atoms with E-state index >= 15 is 0 Å². The predicted molar refractivity (Wildman–Crippen MR) is 95.1 cm³/mol. The van der Waals surface area contributed by atoms with E-state index in [9.17, 15) is 18.4 Å². The first-order chi connectivity index (χ1) is 12.3. The molecule has 1 aromatic carbocycles. The van der Waals surface area contributed by atoms with E-state index in [1.165, 1.54) is 4.90 Å². The summed E-state index contributed by atoms with van der Waals surface area (Å²) in [4.78, 5) is 28.7. The van der Waals surface area contributed by atoms with Gasteiger partial charge in [0, 0.05) is 43.9 Å². The first-order valence-corrected chi connectivity index (χ1v) is 9.42. The van der Waals surface area contributed by atoms with Gasteiger partial charge in [-0.2, -0.15) is 0 Å². The third-order valence-corrected chi connectivity index (χ3v) is 5.74. The molecule has 0 N–H and O–H groups in total. The van der Waals surface area contributed by atoms with Crippen molar-refractivity contribution in [2.45, 2.75) is 44.6 Å². The van der Waals surface area contributed by atoms with Crippen molar-refractivity contribution in [2.75, 3.05) is 19.6 Å². The summed E-state index contributed by atoms with van der Waals surface area (Å²) < 4.78 is 26.9. The minimum Gasteiger partial charge on any atom is -0.342 e. The van der Waals surface area contributed by atoms with Gasteiger partial charge in [0.25, 0.3) is 5.92 Å². The van der Waals surface area contributed by atoms with Crippen molar-refractivity contribution in [3.8, 4) is 0 Å². The first-order valence-electron chi connectivity index (χ1n) is 9.04. The monoisotopic (exact) mass is 384 g/mol. The van der Waals surface area contributed by atoms with Gasteiger partial charge in [-0.25, -0.2) is 8.78 Å². The number of carbonyl (C=O) groups excluding carboxylic acids is 2. The lowest BCUT2D eigenvalue weighted by molar-refractivity contribution is -0.151. The second-order valence-electron chi connectivity index (χ2n) is 6.97. The summed E-state index contributed by atoms with van der Waals surface area (Å²) in [5.41, 5.74) is 0.741. The summed E-state index contributed by atoms with van der Waals surface area (Å²) in [5.74, 6) is -3.32. The molecule has 2 fully saturated rings. The van der Waals surface area contributed by atoms with E-state index in [2.05, 4.69) is 0 Å². The van der Waals surface area contributed by atoms with Crippen LogP contribution in [0.5, 0.6) is 0 Å².